The number of rotatable bonds is 14. The van der Waals surface area contributed by atoms with E-state index in [-0.39, 0.29) is 39.4 Å². The summed E-state index contributed by atoms with van der Waals surface area (Å²) in [5.41, 5.74) is 1.45. The second-order valence-corrected chi connectivity index (χ2v) is 19.3. The molecule has 5 rings (SSSR count). The van der Waals surface area contributed by atoms with Gasteiger partial charge >= 0.3 is 0 Å². The number of aromatic nitrogens is 1. The van der Waals surface area contributed by atoms with Crippen LogP contribution in [0.15, 0.2) is 41.3 Å². The molecule has 0 N–H and O–H groups in total. The molecule has 2 heterocycles. The first-order valence-corrected chi connectivity index (χ1v) is 21.1. The molecule has 0 radical (unpaired) electrons. The summed E-state index contributed by atoms with van der Waals surface area (Å²) in [6.45, 7) is 6.28. The molecule has 1 unspecified atom stereocenters. The standard InChI is InChI=1S/C40H57Cl2N6O5S/c1-28-26-29(2)43-37-30(28)14-13-16-34(37)53-27-31-32(41)17-18-35(36(31)42)54(51,52)44-40(19-10-11-20-40)39(50)46-23-21-45(22-24-46)38(49)33(48(6,7)8)15-9-12-25-47(3,4)5/h13-14,16-18,26,33H,9-12,15,19-25,27H2,1-8H3/q+1. The van der Waals surface area contributed by atoms with E-state index in [4.69, 9.17) is 27.9 Å². The van der Waals surface area contributed by atoms with Crippen LogP contribution >= 0.6 is 23.2 Å². The number of carbonyl (C=O) groups is 2. The van der Waals surface area contributed by atoms with Crippen molar-refractivity contribution >= 4 is 55.9 Å². The van der Waals surface area contributed by atoms with Gasteiger partial charge < -0.3 is 28.2 Å². The van der Waals surface area contributed by atoms with Crippen LogP contribution in [0.1, 0.15) is 61.8 Å². The largest absolute Gasteiger partial charge is 0.531 e. The van der Waals surface area contributed by atoms with E-state index in [0.29, 0.717) is 73.2 Å². The summed E-state index contributed by atoms with van der Waals surface area (Å²) in [5, 5.41) is 1.10. The summed E-state index contributed by atoms with van der Waals surface area (Å²) in [5.74, 6) is 0.300. The van der Waals surface area contributed by atoms with Gasteiger partial charge in [-0.25, -0.2) is 13.4 Å². The minimum absolute atomic E-state index is 0.0937. The highest BCUT2D eigenvalue weighted by Gasteiger charge is 2.41. The third-order valence-electron chi connectivity index (χ3n) is 10.7. The van der Waals surface area contributed by atoms with Gasteiger partial charge in [0.2, 0.25) is 5.91 Å². The molecule has 54 heavy (non-hydrogen) atoms. The molecule has 11 nitrogen and oxygen atoms in total. The van der Waals surface area contributed by atoms with Gasteiger partial charge in [-0.05, 0) is 62.1 Å². The lowest BCUT2D eigenvalue weighted by atomic mass is 9.96. The predicted octanol–water partition coefficient (Wildman–Crippen LogP) is 6.73. The zero-order chi connectivity index (χ0) is 39.6. The van der Waals surface area contributed by atoms with Crippen LogP contribution in [0.4, 0.5) is 0 Å². The lowest BCUT2D eigenvalue weighted by Crippen LogP contribution is -2.60. The van der Waals surface area contributed by atoms with Crippen molar-refractivity contribution in [2.24, 2.45) is 0 Å². The van der Waals surface area contributed by atoms with E-state index < -0.39 is 15.6 Å². The summed E-state index contributed by atoms with van der Waals surface area (Å²) < 4.78 is 40.2. The number of aryl methyl sites for hydroxylation is 2. The topological polar surface area (TPSA) is 111 Å². The van der Waals surface area contributed by atoms with Crippen molar-refractivity contribution in [1.29, 1.82) is 0 Å². The van der Waals surface area contributed by atoms with Crippen LogP contribution in [0.25, 0.3) is 15.6 Å². The third kappa shape index (κ3) is 9.68. The van der Waals surface area contributed by atoms with Gasteiger partial charge in [-0.3, -0.25) is 9.59 Å². The van der Waals surface area contributed by atoms with Gasteiger partial charge in [-0.1, -0.05) is 61.0 Å². The normalized spacial score (nSPS) is 17.2. The van der Waals surface area contributed by atoms with E-state index in [9.17, 15) is 18.0 Å². The van der Waals surface area contributed by atoms with E-state index >= 15 is 0 Å². The average molecular weight is 805 g/mol. The Morgan fingerprint density at radius 2 is 1.59 bits per heavy atom. The molecule has 1 saturated carbocycles. The number of hydrogen-bond acceptors (Lipinski definition) is 6. The molecule has 14 heteroatoms. The number of hydrogen-bond donors (Lipinski definition) is 0. The molecule has 2 fully saturated rings. The number of halogens is 2. The van der Waals surface area contributed by atoms with E-state index in [1.54, 1.807) is 11.0 Å². The number of piperazine rings is 1. The highest BCUT2D eigenvalue weighted by atomic mass is 35.5. The Balaban J connectivity index is 1.28. The van der Waals surface area contributed by atoms with Crippen LogP contribution in [-0.4, -0.2) is 131 Å². The number of benzene rings is 2. The van der Waals surface area contributed by atoms with Gasteiger partial charge in [0, 0.05) is 54.3 Å². The number of fused-ring (bicyclic) bond motifs is 1. The second kappa shape index (κ2) is 16.6. The molecule has 2 aliphatic rings. The van der Waals surface area contributed by atoms with Crippen LogP contribution in [0.3, 0.4) is 0 Å². The van der Waals surface area contributed by atoms with Crippen molar-refractivity contribution in [3.05, 3.63) is 68.0 Å². The van der Waals surface area contributed by atoms with Crippen LogP contribution in [0.2, 0.25) is 10.0 Å². The van der Waals surface area contributed by atoms with Crippen molar-refractivity contribution in [2.45, 2.75) is 81.9 Å². The van der Waals surface area contributed by atoms with Crippen LogP contribution in [0, 0.1) is 13.8 Å². The molecule has 0 spiro atoms. The van der Waals surface area contributed by atoms with Gasteiger partial charge in [0.1, 0.15) is 27.9 Å². The van der Waals surface area contributed by atoms with E-state index in [0.717, 1.165) is 46.9 Å². The molecule has 1 saturated heterocycles. The molecular weight excluding hydrogens is 747 g/mol. The van der Waals surface area contributed by atoms with Gasteiger partial charge in [-0.2, -0.15) is 0 Å². The Bertz CT molecular complexity index is 1960. The van der Waals surface area contributed by atoms with E-state index in [1.807, 2.05) is 36.9 Å². The van der Waals surface area contributed by atoms with Crippen molar-refractivity contribution in [3.63, 3.8) is 0 Å². The van der Waals surface area contributed by atoms with Crippen LogP contribution in [0.5, 0.6) is 5.75 Å². The molecule has 0 bridgehead atoms. The van der Waals surface area contributed by atoms with Crippen molar-refractivity contribution in [2.75, 3.05) is 75.0 Å². The lowest BCUT2D eigenvalue weighted by Gasteiger charge is -2.47. The molecule has 3 aromatic rings. The third-order valence-corrected chi connectivity index (χ3v) is 13.1. The highest BCUT2D eigenvalue weighted by molar-refractivity contribution is 7.94. The summed E-state index contributed by atoms with van der Waals surface area (Å²) >= 11 is 13.4. The predicted molar refractivity (Wildman–Crippen MR) is 215 cm³/mol. The number of para-hydroxylation sites is 1. The summed E-state index contributed by atoms with van der Waals surface area (Å²) in [7, 11) is 8.29. The van der Waals surface area contributed by atoms with Gasteiger partial charge in [0.25, 0.3) is 5.91 Å². The number of likely N-dealkylation sites (N-methyl/N-ethyl adjacent to an activating group) is 1. The lowest BCUT2D eigenvalue weighted by molar-refractivity contribution is -0.887. The Morgan fingerprint density at radius 1 is 0.944 bits per heavy atom. The molecule has 1 aromatic heterocycles. The fraction of sp³-hybridized carbons (Fsp3) is 0.575. The first-order valence-electron chi connectivity index (χ1n) is 18.9. The molecule has 2 aromatic carbocycles. The summed E-state index contributed by atoms with van der Waals surface area (Å²) in [4.78, 5) is 36.1. The number of nitrogens with zero attached hydrogens (tertiary/aromatic N) is 6. The van der Waals surface area contributed by atoms with Gasteiger partial charge in [0.15, 0.2) is 6.04 Å². The molecule has 1 aliphatic carbocycles. The SMILES string of the molecule is Cc1cc(C)c2cccc(OCc3c(Cl)ccc(S(=O)(=O)[N-]C4(C(=O)N5CCN(C(=O)C(CCCC[N+](C)(C)C)[N+](C)(C)C)CC5)CCCC4)c3Cl)c2n1. The number of ether oxygens (including phenoxy) is 1. The molecule has 1 aliphatic heterocycles. The van der Waals surface area contributed by atoms with Crippen molar-refractivity contribution < 1.29 is 31.7 Å². The van der Waals surface area contributed by atoms with Gasteiger partial charge in [0.05, 0.1) is 58.7 Å². The summed E-state index contributed by atoms with van der Waals surface area (Å²) in [6, 6.07) is 10.3. The maximum atomic E-state index is 14.3. The Kier molecular flexibility index (Phi) is 13.0. The fourth-order valence-electron chi connectivity index (χ4n) is 7.71. The monoisotopic (exact) mass is 803 g/mol. The zero-order valence-corrected chi connectivity index (χ0v) is 35.5. The molecular formula is C40H57Cl2N6O5S+. The van der Waals surface area contributed by atoms with Crippen molar-refractivity contribution in [3.8, 4) is 5.75 Å². The van der Waals surface area contributed by atoms with E-state index in [1.165, 1.54) is 12.1 Å². The second-order valence-electron chi connectivity index (χ2n) is 16.9. The maximum absolute atomic E-state index is 14.3. The maximum Gasteiger partial charge on any atom is 0.281 e. The van der Waals surface area contributed by atoms with Gasteiger partial charge in [-0.15, -0.1) is 0 Å². The molecule has 296 valence electrons. The quantitative estimate of drug-likeness (QED) is 0.132. The average Bonchev–Trinajstić information content (AvgIpc) is 3.55. The number of carbonyl (C=O) groups excluding carboxylic acids is 2. The number of sulfonamides is 1. The van der Waals surface area contributed by atoms with Crippen LogP contribution in [-0.2, 0) is 26.2 Å². The Morgan fingerprint density at radius 3 is 2.22 bits per heavy atom. The van der Waals surface area contributed by atoms with E-state index in [2.05, 4.69) is 52.0 Å². The number of pyridine rings is 1. The first kappa shape index (κ1) is 42.1. The minimum Gasteiger partial charge on any atom is -0.531 e. The highest BCUT2D eigenvalue weighted by Crippen LogP contribution is 2.44. The van der Waals surface area contributed by atoms with Crippen LogP contribution < -0.4 is 4.74 Å². The fourth-order valence-corrected chi connectivity index (χ4v) is 9.89. The first-order chi connectivity index (χ1) is 25.2. The number of amides is 2. The zero-order valence-electron chi connectivity index (χ0n) is 33.1. The Hall–Kier alpha value is -3.00. The summed E-state index contributed by atoms with van der Waals surface area (Å²) in [6.07, 6.45) is 4.78. The Labute approximate surface area is 331 Å². The number of unbranched alkanes of at least 4 members (excludes halogenated alkanes) is 1. The molecule has 1 atom stereocenters. The smallest absolute Gasteiger partial charge is 0.281 e. The molecule has 2 amide bonds. The minimum atomic E-state index is -4.41. The van der Waals surface area contributed by atoms with Crippen molar-refractivity contribution in [1.82, 2.24) is 14.8 Å². The number of quaternary nitrogens is 2.